The Hall–Kier alpha value is -2.80. The average molecular weight is 655 g/mol. The standard InChI is InChI=1S/C29H42Cl2FN7O3Si/c1-7-15-38-23(13-14-33-38)29(41)34-22(9-8-10-24(30)31)28(40)36-25-12-11-21(27(32)35-25)26-19(2)37-39(20(26)3)18-42-16-17-43(4,5)6/h11-14,22,24H,7-10,15-18H2,1-6H3,(H,34,41)(H,35,36,40)/t22-/m0/s1. The molecule has 3 heterocycles. The second-order valence-electron chi connectivity index (χ2n) is 11.7. The summed E-state index contributed by atoms with van der Waals surface area (Å²) in [6, 6.07) is 4.79. The van der Waals surface area contributed by atoms with E-state index in [1.807, 2.05) is 20.8 Å². The topological polar surface area (TPSA) is 116 Å². The highest BCUT2D eigenvalue weighted by molar-refractivity contribution is 6.76. The number of aromatic nitrogens is 5. The first-order chi connectivity index (χ1) is 20.3. The molecule has 0 fully saturated rings. The van der Waals surface area contributed by atoms with Gasteiger partial charge in [0, 0.05) is 44.2 Å². The fourth-order valence-electron chi connectivity index (χ4n) is 4.54. The minimum Gasteiger partial charge on any atom is -0.360 e. The molecular weight excluding hydrogens is 612 g/mol. The molecule has 10 nitrogen and oxygen atoms in total. The lowest BCUT2D eigenvalue weighted by molar-refractivity contribution is -0.118. The number of hydrogen-bond acceptors (Lipinski definition) is 6. The normalized spacial score (nSPS) is 12.5. The first-order valence-corrected chi connectivity index (χ1v) is 19.1. The highest BCUT2D eigenvalue weighted by Crippen LogP contribution is 2.29. The third-order valence-corrected chi connectivity index (χ3v) is 9.02. The predicted molar refractivity (Wildman–Crippen MR) is 171 cm³/mol. The lowest BCUT2D eigenvalue weighted by Crippen LogP contribution is -2.44. The van der Waals surface area contributed by atoms with Gasteiger partial charge in [-0.15, -0.1) is 23.2 Å². The van der Waals surface area contributed by atoms with Gasteiger partial charge in [0.2, 0.25) is 11.9 Å². The van der Waals surface area contributed by atoms with Crippen molar-refractivity contribution in [2.75, 3.05) is 11.9 Å². The Morgan fingerprint density at radius 2 is 1.86 bits per heavy atom. The number of nitrogens with one attached hydrogen (secondary N) is 2. The van der Waals surface area contributed by atoms with E-state index in [-0.39, 0.29) is 24.5 Å². The molecule has 0 unspecified atom stereocenters. The van der Waals surface area contributed by atoms with E-state index in [9.17, 15) is 9.59 Å². The number of ether oxygens (including phenoxy) is 1. The van der Waals surface area contributed by atoms with Crippen molar-refractivity contribution in [3.8, 4) is 11.1 Å². The lowest BCUT2D eigenvalue weighted by Gasteiger charge is -2.19. The van der Waals surface area contributed by atoms with E-state index in [0.717, 1.165) is 18.2 Å². The molecule has 0 saturated carbocycles. The summed E-state index contributed by atoms with van der Waals surface area (Å²) in [6.45, 7) is 14.0. The Kier molecular flexibility index (Phi) is 12.7. The van der Waals surface area contributed by atoms with E-state index in [2.05, 4.69) is 45.5 Å². The maximum atomic E-state index is 15.4. The zero-order chi connectivity index (χ0) is 31.7. The molecule has 0 aromatic carbocycles. The van der Waals surface area contributed by atoms with E-state index < -0.39 is 36.7 Å². The summed E-state index contributed by atoms with van der Waals surface area (Å²) < 4.78 is 24.5. The molecule has 3 aromatic heterocycles. The van der Waals surface area contributed by atoms with Crippen LogP contribution < -0.4 is 10.6 Å². The Morgan fingerprint density at radius 1 is 1.12 bits per heavy atom. The molecular formula is C29H42Cl2FN7O3Si. The highest BCUT2D eigenvalue weighted by atomic mass is 35.5. The number of nitrogens with zero attached hydrogens (tertiary/aromatic N) is 5. The van der Waals surface area contributed by atoms with Crippen LogP contribution in [0.25, 0.3) is 11.1 Å². The Bertz CT molecular complexity index is 1390. The SMILES string of the molecule is CCCn1nccc1C(=O)N[C@@H](CCCC(Cl)Cl)C(=O)Nc1ccc(-c2c(C)nn(COCC[Si](C)(C)C)c2C)c(F)n1. The number of pyridine rings is 1. The molecule has 0 saturated heterocycles. The van der Waals surface area contributed by atoms with Crippen molar-refractivity contribution in [3.63, 3.8) is 0 Å². The Labute approximate surface area is 263 Å². The van der Waals surface area contributed by atoms with Crippen LogP contribution in [-0.2, 0) is 22.8 Å². The number of hydrogen-bond donors (Lipinski definition) is 2. The maximum absolute atomic E-state index is 15.4. The molecule has 0 aliphatic heterocycles. The average Bonchev–Trinajstić information content (AvgIpc) is 3.49. The molecule has 3 aromatic rings. The van der Waals surface area contributed by atoms with E-state index in [4.69, 9.17) is 27.9 Å². The third-order valence-electron chi connectivity index (χ3n) is 6.88. The van der Waals surface area contributed by atoms with E-state index in [1.54, 1.807) is 21.5 Å². The number of halogens is 3. The van der Waals surface area contributed by atoms with E-state index >= 15 is 4.39 Å². The van der Waals surface area contributed by atoms with Gasteiger partial charge < -0.3 is 15.4 Å². The second kappa shape index (κ2) is 15.8. The molecule has 0 spiro atoms. The van der Waals surface area contributed by atoms with Crippen molar-refractivity contribution in [3.05, 3.63) is 47.4 Å². The maximum Gasteiger partial charge on any atom is 0.270 e. The third kappa shape index (κ3) is 10.1. The number of anilines is 1. The molecule has 0 aliphatic rings. The summed E-state index contributed by atoms with van der Waals surface area (Å²) in [6.07, 6.45) is 3.52. The fraction of sp³-hybridized carbons (Fsp3) is 0.552. The monoisotopic (exact) mass is 653 g/mol. The first kappa shape index (κ1) is 34.7. The van der Waals surface area contributed by atoms with Crippen LogP contribution in [0, 0.1) is 19.8 Å². The van der Waals surface area contributed by atoms with E-state index in [1.165, 1.54) is 12.3 Å². The number of alkyl halides is 2. The van der Waals surface area contributed by atoms with Crippen molar-refractivity contribution >= 4 is 48.9 Å². The molecule has 43 heavy (non-hydrogen) atoms. The largest absolute Gasteiger partial charge is 0.360 e. The van der Waals surface area contributed by atoms with Gasteiger partial charge in [-0.3, -0.25) is 14.3 Å². The molecule has 0 bridgehead atoms. The van der Waals surface area contributed by atoms with Gasteiger partial charge in [0.05, 0.1) is 5.69 Å². The molecule has 0 radical (unpaired) electrons. The summed E-state index contributed by atoms with van der Waals surface area (Å²) in [5.74, 6) is -1.71. The molecule has 1 atom stereocenters. The van der Waals surface area contributed by atoms with Crippen molar-refractivity contribution in [2.45, 2.75) is 96.3 Å². The highest BCUT2D eigenvalue weighted by Gasteiger charge is 2.25. The van der Waals surface area contributed by atoms with Crippen LogP contribution in [0.2, 0.25) is 25.7 Å². The van der Waals surface area contributed by atoms with Crippen LogP contribution in [0.3, 0.4) is 0 Å². The van der Waals surface area contributed by atoms with Crippen molar-refractivity contribution in [2.24, 2.45) is 0 Å². The van der Waals surface area contributed by atoms with Gasteiger partial charge in [0.15, 0.2) is 0 Å². The van der Waals surface area contributed by atoms with Crippen LogP contribution >= 0.6 is 23.2 Å². The molecule has 236 valence electrons. The summed E-state index contributed by atoms with van der Waals surface area (Å²) in [7, 11) is -1.21. The van der Waals surface area contributed by atoms with Crippen molar-refractivity contribution < 1.29 is 18.7 Å². The second-order valence-corrected chi connectivity index (χ2v) is 18.6. The van der Waals surface area contributed by atoms with Gasteiger partial charge in [-0.1, -0.05) is 26.6 Å². The Morgan fingerprint density at radius 3 is 2.51 bits per heavy atom. The molecule has 3 rings (SSSR count). The van der Waals surface area contributed by atoms with Crippen LogP contribution in [-0.4, -0.2) is 61.9 Å². The minimum absolute atomic E-state index is 0.0199. The first-order valence-electron chi connectivity index (χ1n) is 14.5. The van der Waals surface area contributed by atoms with Gasteiger partial charge in [0.25, 0.3) is 5.91 Å². The van der Waals surface area contributed by atoms with Crippen LogP contribution in [0.1, 0.15) is 54.5 Å². The van der Waals surface area contributed by atoms with Crippen LogP contribution in [0.5, 0.6) is 0 Å². The van der Waals surface area contributed by atoms with Crippen LogP contribution in [0.4, 0.5) is 10.2 Å². The predicted octanol–water partition coefficient (Wildman–Crippen LogP) is 6.33. The quantitative estimate of drug-likeness (QED) is 0.0808. The lowest BCUT2D eigenvalue weighted by atomic mass is 10.1. The minimum atomic E-state index is -1.21. The van der Waals surface area contributed by atoms with Gasteiger partial charge in [-0.2, -0.15) is 14.6 Å². The number of rotatable bonds is 16. The summed E-state index contributed by atoms with van der Waals surface area (Å²) in [5.41, 5.74) is 2.64. The summed E-state index contributed by atoms with van der Waals surface area (Å²) in [4.78, 5) is 29.7. The van der Waals surface area contributed by atoms with Crippen molar-refractivity contribution in [1.29, 1.82) is 0 Å². The van der Waals surface area contributed by atoms with Gasteiger partial charge in [0.1, 0.15) is 29.1 Å². The molecule has 2 amide bonds. The number of aryl methyl sites for hydroxylation is 2. The van der Waals surface area contributed by atoms with Gasteiger partial charge >= 0.3 is 0 Å². The molecule has 2 N–H and O–H groups in total. The Balaban J connectivity index is 1.73. The molecule has 14 heteroatoms. The van der Waals surface area contributed by atoms with Crippen molar-refractivity contribution in [1.82, 2.24) is 29.9 Å². The summed E-state index contributed by atoms with van der Waals surface area (Å²) >= 11 is 11.7. The fourth-order valence-corrected chi connectivity index (χ4v) is 5.60. The molecule has 0 aliphatic carbocycles. The zero-order valence-corrected chi connectivity index (χ0v) is 28.2. The smallest absolute Gasteiger partial charge is 0.270 e. The van der Waals surface area contributed by atoms with Crippen LogP contribution in [0.15, 0.2) is 24.4 Å². The zero-order valence-electron chi connectivity index (χ0n) is 25.7. The number of carbonyl (C=O) groups is 2. The number of amides is 2. The van der Waals surface area contributed by atoms with E-state index in [0.29, 0.717) is 42.9 Å². The summed E-state index contributed by atoms with van der Waals surface area (Å²) in [5, 5.41) is 14.1. The number of carbonyl (C=O) groups excluding carboxylic acids is 2. The van der Waals surface area contributed by atoms with Gasteiger partial charge in [-0.05, 0) is 63.8 Å². The van der Waals surface area contributed by atoms with Gasteiger partial charge in [-0.25, -0.2) is 9.67 Å².